The van der Waals surface area contributed by atoms with E-state index in [1.54, 1.807) is 16.2 Å². The second-order valence-corrected chi connectivity index (χ2v) is 8.43. The van der Waals surface area contributed by atoms with Gasteiger partial charge in [0.05, 0.1) is 24.4 Å². The van der Waals surface area contributed by atoms with Crippen LogP contribution in [0.5, 0.6) is 0 Å². The molecule has 0 saturated heterocycles. The van der Waals surface area contributed by atoms with Crippen LogP contribution >= 0.6 is 23.1 Å². The highest BCUT2D eigenvalue weighted by Gasteiger charge is 2.17. The quantitative estimate of drug-likeness (QED) is 0.369. The van der Waals surface area contributed by atoms with Gasteiger partial charge in [0.2, 0.25) is 11.8 Å². The van der Waals surface area contributed by atoms with Gasteiger partial charge in [0, 0.05) is 23.4 Å². The van der Waals surface area contributed by atoms with Crippen molar-refractivity contribution in [3.05, 3.63) is 46.7 Å². The number of anilines is 1. The van der Waals surface area contributed by atoms with Crippen molar-refractivity contribution in [2.75, 3.05) is 30.7 Å². The molecule has 0 fully saturated rings. The summed E-state index contributed by atoms with van der Waals surface area (Å²) in [5.41, 5.74) is 0.832. The summed E-state index contributed by atoms with van der Waals surface area (Å²) < 4.78 is 0. The molecule has 0 atom stereocenters. The summed E-state index contributed by atoms with van der Waals surface area (Å²) in [5, 5.41) is 9.57. The molecular weight excluding hydrogens is 418 g/mol. The average molecular weight is 444 g/mol. The fraction of sp³-hybridized carbons (Fsp3) is 0.333. The number of aromatic nitrogens is 2. The van der Waals surface area contributed by atoms with Crippen LogP contribution in [0, 0.1) is 0 Å². The molecule has 2 amide bonds. The van der Waals surface area contributed by atoms with Gasteiger partial charge < -0.3 is 15.5 Å². The maximum Gasteiger partial charge on any atom is 0.239 e. The minimum absolute atomic E-state index is 0.0441. The van der Waals surface area contributed by atoms with Crippen molar-refractivity contribution in [1.82, 2.24) is 20.2 Å². The summed E-state index contributed by atoms with van der Waals surface area (Å²) >= 11 is 2.87. The number of carbonyl (C=O) groups is 2. The van der Waals surface area contributed by atoms with E-state index in [0.717, 1.165) is 28.1 Å². The average Bonchev–Trinajstić information content (AvgIpc) is 3.28. The SMILES string of the molecule is CCNc1nc(SCC(=O)N(CC)CC(=O)NCc2cccs2)nc2ccccc12. The van der Waals surface area contributed by atoms with E-state index in [-0.39, 0.29) is 24.1 Å². The molecule has 0 unspecified atom stereocenters. The van der Waals surface area contributed by atoms with E-state index in [0.29, 0.717) is 18.2 Å². The van der Waals surface area contributed by atoms with Gasteiger partial charge in [-0.15, -0.1) is 11.3 Å². The molecule has 0 spiro atoms. The van der Waals surface area contributed by atoms with E-state index >= 15 is 0 Å². The lowest BCUT2D eigenvalue weighted by molar-refractivity contribution is -0.133. The normalized spacial score (nSPS) is 10.7. The second-order valence-electron chi connectivity index (χ2n) is 6.45. The molecule has 7 nitrogen and oxygen atoms in total. The van der Waals surface area contributed by atoms with Crippen LogP contribution in [-0.4, -0.2) is 52.1 Å². The Labute approximate surface area is 184 Å². The molecule has 3 rings (SSSR count). The number of amides is 2. The molecule has 2 heterocycles. The van der Waals surface area contributed by atoms with Crippen molar-refractivity contribution < 1.29 is 9.59 Å². The minimum Gasteiger partial charge on any atom is -0.370 e. The monoisotopic (exact) mass is 443 g/mol. The lowest BCUT2D eigenvalue weighted by Crippen LogP contribution is -2.41. The predicted octanol–water partition coefficient (Wildman–Crippen LogP) is 3.38. The Morgan fingerprint density at radius 2 is 1.97 bits per heavy atom. The number of nitrogens with zero attached hydrogens (tertiary/aromatic N) is 3. The first-order valence-electron chi connectivity index (χ1n) is 9.81. The standard InChI is InChI=1S/C21H25N5O2S2/c1-3-22-20-16-9-5-6-10-17(16)24-21(25-20)30-14-19(28)26(4-2)13-18(27)23-12-15-8-7-11-29-15/h5-11H,3-4,12-14H2,1-2H3,(H,23,27)(H,22,24,25). The number of thioether (sulfide) groups is 1. The third kappa shape index (κ3) is 5.93. The Balaban J connectivity index is 1.58. The van der Waals surface area contributed by atoms with Gasteiger partial charge in [-0.1, -0.05) is 30.0 Å². The fourth-order valence-corrected chi connectivity index (χ4v) is 4.24. The molecule has 0 aliphatic heterocycles. The van der Waals surface area contributed by atoms with Crippen LogP contribution in [0.3, 0.4) is 0 Å². The number of carbonyl (C=O) groups excluding carboxylic acids is 2. The zero-order valence-electron chi connectivity index (χ0n) is 17.1. The third-order valence-electron chi connectivity index (χ3n) is 4.36. The van der Waals surface area contributed by atoms with Crippen LogP contribution in [0.1, 0.15) is 18.7 Å². The molecule has 3 aromatic rings. The number of fused-ring (bicyclic) bond motifs is 1. The Morgan fingerprint density at radius 1 is 1.13 bits per heavy atom. The summed E-state index contributed by atoms with van der Waals surface area (Å²) in [6.45, 7) is 5.61. The van der Waals surface area contributed by atoms with Crippen LogP contribution in [0.2, 0.25) is 0 Å². The molecule has 30 heavy (non-hydrogen) atoms. The molecule has 0 saturated carbocycles. The van der Waals surface area contributed by atoms with Crippen molar-refractivity contribution in [3.63, 3.8) is 0 Å². The third-order valence-corrected chi connectivity index (χ3v) is 6.07. The number of hydrogen-bond donors (Lipinski definition) is 2. The Morgan fingerprint density at radius 3 is 2.70 bits per heavy atom. The van der Waals surface area contributed by atoms with Crippen molar-refractivity contribution in [1.29, 1.82) is 0 Å². The molecule has 1 aromatic carbocycles. The van der Waals surface area contributed by atoms with Gasteiger partial charge in [0.25, 0.3) is 0 Å². The van der Waals surface area contributed by atoms with Crippen LogP contribution in [-0.2, 0) is 16.1 Å². The highest BCUT2D eigenvalue weighted by atomic mass is 32.2. The zero-order valence-corrected chi connectivity index (χ0v) is 18.7. The van der Waals surface area contributed by atoms with Gasteiger partial charge in [0.15, 0.2) is 5.16 Å². The Bertz CT molecular complexity index is 994. The number of hydrogen-bond acceptors (Lipinski definition) is 7. The van der Waals surface area contributed by atoms with Crippen molar-refractivity contribution in [3.8, 4) is 0 Å². The van der Waals surface area contributed by atoms with Gasteiger partial charge >= 0.3 is 0 Å². The number of para-hydroxylation sites is 1. The van der Waals surface area contributed by atoms with Crippen molar-refractivity contribution in [2.45, 2.75) is 25.5 Å². The Kier molecular flexibility index (Phi) is 8.04. The molecule has 2 aromatic heterocycles. The van der Waals surface area contributed by atoms with Gasteiger partial charge in [-0.05, 0) is 37.4 Å². The number of rotatable bonds is 10. The number of likely N-dealkylation sites (N-methyl/N-ethyl adjacent to an activating group) is 1. The number of thiophene rings is 1. The highest BCUT2D eigenvalue weighted by molar-refractivity contribution is 7.99. The van der Waals surface area contributed by atoms with E-state index < -0.39 is 0 Å². The number of benzene rings is 1. The predicted molar refractivity (Wildman–Crippen MR) is 123 cm³/mol. The summed E-state index contributed by atoms with van der Waals surface area (Å²) in [6.07, 6.45) is 0. The topological polar surface area (TPSA) is 87.2 Å². The van der Waals surface area contributed by atoms with Crippen LogP contribution in [0.15, 0.2) is 46.9 Å². The van der Waals surface area contributed by atoms with E-state index in [1.165, 1.54) is 11.8 Å². The summed E-state index contributed by atoms with van der Waals surface area (Å²) in [7, 11) is 0. The lowest BCUT2D eigenvalue weighted by Gasteiger charge is -2.20. The van der Waals surface area contributed by atoms with Crippen molar-refractivity contribution in [2.24, 2.45) is 0 Å². The first-order valence-corrected chi connectivity index (χ1v) is 11.7. The van der Waals surface area contributed by atoms with Gasteiger partial charge in [0.1, 0.15) is 5.82 Å². The summed E-state index contributed by atoms with van der Waals surface area (Å²) in [4.78, 5) is 36.6. The lowest BCUT2D eigenvalue weighted by atomic mass is 10.2. The largest absolute Gasteiger partial charge is 0.370 e. The van der Waals surface area contributed by atoms with E-state index in [1.807, 2.05) is 55.6 Å². The zero-order chi connectivity index (χ0) is 21.3. The molecule has 9 heteroatoms. The van der Waals surface area contributed by atoms with Crippen LogP contribution in [0.4, 0.5) is 5.82 Å². The van der Waals surface area contributed by atoms with Crippen LogP contribution in [0.25, 0.3) is 10.9 Å². The van der Waals surface area contributed by atoms with E-state index in [4.69, 9.17) is 0 Å². The van der Waals surface area contributed by atoms with Gasteiger partial charge in [-0.3, -0.25) is 9.59 Å². The van der Waals surface area contributed by atoms with Crippen LogP contribution < -0.4 is 10.6 Å². The maximum absolute atomic E-state index is 12.6. The summed E-state index contributed by atoms with van der Waals surface area (Å²) in [5.74, 6) is 0.657. The second kappa shape index (κ2) is 10.9. The first-order chi connectivity index (χ1) is 14.6. The molecule has 0 aliphatic rings. The fourth-order valence-electron chi connectivity index (χ4n) is 2.84. The van der Waals surface area contributed by atoms with E-state index in [9.17, 15) is 9.59 Å². The van der Waals surface area contributed by atoms with Gasteiger partial charge in [-0.2, -0.15) is 0 Å². The molecule has 2 N–H and O–H groups in total. The number of nitrogens with one attached hydrogen (secondary N) is 2. The maximum atomic E-state index is 12.6. The highest BCUT2D eigenvalue weighted by Crippen LogP contribution is 2.24. The summed E-state index contributed by atoms with van der Waals surface area (Å²) in [6, 6.07) is 11.7. The molecule has 0 bridgehead atoms. The molecule has 158 valence electrons. The molecule has 0 radical (unpaired) electrons. The van der Waals surface area contributed by atoms with E-state index in [2.05, 4.69) is 20.6 Å². The smallest absolute Gasteiger partial charge is 0.239 e. The Hall–Kier alpha value is -2.65. The first kappa shape index (κ1) is 22.0. The molecule has 0 aliphatic carbocycles. The van der Waals surface area contributed by atoms with Gasteiger partial charge in [-0.25, -0.2) is 9.97 Å². The minimum atomic E-state index is -0.167. The molecular formula is C21H25N5O2S2. The van der Waals surface area contributed by atoms with Crippen molar-refractivity contribution >= 4 is 51.6 Å².